The van der Waals surface area contributed by atoms with Crippen molar-refractivity contribution < 1.29 is 9.53 Å². The summed E-state index contributed by atoms with van der Waals surface area (Å²) in [6.07, 6.45) is 4.92. The van der Waals surface area contributed by atoms with Crippen LogP contribution in [-0.2, 0) is 9.53 Å². The maximum atomic E-state index is 11.3. The summed E-state index contributed by atoms with van der Waals surface area (Å²) in [7, 11) is 0. The summed E-state index contributed by atoms with van der Waals surface area (Å²) >= 11 is 0. The van der Waals surface area contributed by atoms with Crippen molar-refractivity contribution in [2.75, 3.05) is 6.61 Å². The molecule has 0 N–H and O–H groups in total. The van der Waals surface area contributed by atoms with E-state index in [0.29, 0.717) is 6.42 Å². The highest BCUT2D eigenvalue weighted by Crippen LogP contribution is 2.17. The van der Waals surface area contributed by atoms with E-state index in [1.54, 1.807) is 6.92 Å². The molecule has 1 heterocycles. The highest BCUT2D eigenvalue weighted by molar-refractivity contribution is 5.82. The Morgan fingerprint density at radius 1 is 1.64 bits per heavy atom. The third kappa shape index (κ3) is 3.47. The second-order valence-corrected chi connectivity index (χ2v) is 3.84. The Kier molecular flexibility index (Phi) is 4.61. The minimum Gasteiger partial charge on any atom is -0.378 e. The van der Waals surface area contributed by atoms with E-state index in [2.05, 4.69) is 0 Å². The van der Waals surface area contributed by atoms with E-state index in [4.69, 9.17) is 10.00 Å². The first-order chi connectivity index (χ1) is 6.74. The summed E-state index contributed by atoms with van der Waals surface area (Å²) in [4.78, 5) is 11.3. The quantitative estimate of drug-likeness (QED) is 0.690. The molecule has 0 aromatic rings. The largest absolute Gasteiger partial charge is 0.378 e. The summed E-state index contributed by atoms with van der Waals surface area (Å²) in [6.45, 7) is 2.48. The average molecular weight is 195 g/mol. The second-order valence-electron chi connectivity index (χ2n) is 3.84. The number of Topliss-reactive ketones (excluding diaryl/α,β-unsaturated/α-hetero) is 1. The van der Waals surface area contributed by atoms with E-state index < -0.39 is 5.92 Å². The van der Waals surface area contributed by atoms with Gasteiger partial charge in [0.15, 0.2) is 0 Å². The van der Waals surface area contributed by atoms with Gasteiger partial charge in [0.1, 0.15) is 11.7 Å². The SMILES string of the molecule is CC(C#N)C(=O)CCC1CCCCO1. The molecule has 0 bridgehead atoms. The molecule has 78 valence electrons. The van der Waals surface area contributed by atoms with Crippen molar-refractivity contribution in [3.63, 3.8) is 0 Å². The van der Waals surface area contributed by atoms with Crippen LogP contribution in [0, 0.1) is 17.2 Å². The Labute approximate surface area is 85.1 Å². The van der Waals surface area contributed by atoms with Crippen LogP contribution in [0.4, 0.5) is 0 Å². The summed E-state index contributed by atoms with van der Waals surface area (Å²) in [5.74, 6) is -0.416. The Hall–Kier alpha value is -0.880. The van der Waals surface area contributed by atoms with Gasteiger partial charge in [0.25, 0.3) is 0 Å². The molecule has 0 aromatic carbocycles. The molecule has 0 amide bonds. The van der Waals surface area contributed by atoms with E-state index in [9.17, 15) is 4.79 Å². The lowest BCUT2D eigenvalue weighted by Crippen LogP contribution is -2.21. The van der Waals surface area contributed by atoms with E-state index in [0.717, 1.165) is 25.9 Å². The van der Waals surface area contributed by atoms with Crippen molar-refractivity contribution in [3.05, 3.63) is 0 Å². The molecule has 0 radical (unpaired) electrons. The third-order valence-electron chi connectivity index (χ3n) is 2.66. The predicted octanol–water partition coefficient (Wildman–Crippen LogP) is 2.06. The fraction of sp³-hybridized carbons (Fsp3) is 0.818. The number of carbonyl (C=O) groups excluding carboxylic acids is 1. The Morgan fingerprint density at radius 2 is 2.43 bits per heavy atom. The first-order valence-corrected chi connectivity index (χ1v) is 5.28. The summed E-state index contributed by atoms with van der Waals surface area (Å²) < 4.78 is 5.51. The summed E-state index contributed by atoms with van der Waals surface area (Å²) in [5, 5.41) is 8.54. The fourth-order valence-corrected chi connectivity index (χ4v) is 1.63. The molecule has 1 rings (SSSR count). The molecule has 2 atom stereocenters. The topological polar surface area (TPSA) is 50.1 Å². The molecular weight excluding hydrogens is 178 g/mol. The number of nitrogens with zero attached hydrogens (tertiary/aromatic N) is 1. The zero-order valence-electron chi connectivity index (χ0n) is 8.66. The molecule has 0 saturated carbocycles. The molecule has 0 aliphatic carbocycles. The van der Waals surface area contributed by atoms with E-state index in [-0.39, 0.29) is 11.9 Å². The van der Waals surface area contributed by atoms with Crippen LogP contribution in [0.15, 0.2) is 0 Å². The highest BCUT2D eigenvalue weighted by Gasteiger charge is 2.17. The number of hydrogen-bond acceptors (Lipinski definition) is 3. The van der Waals surface area contributed by atoms with Crippen LogP contribution in [0.25, 0.3) is 0 Å². The zero-order chi connectivity index (χ0) is 10.4. The van der Waals surface area contributed by atoms with Gasteiger partial charge in [0, 0.05) is 13.0 Å². The number of ether oxygens (including phenoxy) is 1. The predicted molar refractivity (Wildman–Crippen MR) is 52.6 cm³/mol. The molecule has 1 aliphatic heterocycles. The molecule has 2 unspecified atom stereocenters. The lowest BCUT2D eigenvalue weighted by Gasteiger charge is -2.22. The third-order valence-corrected chi connectivity index (χ3v) is 2.66. The van der Waals surface area contributed by atoms with Gasteiger partial charge in [-0.05, 0) is 32.6 Å². The van der Waals surface area contributed by atoms with Crippen molar-refractivity contribution in [1.29, 1.82) is 5.26 Å². The van der Waals surface area contributed by atoms with Crippen LogP contribution in [0.2, 0.25) is 0 Å². The molecule has 0 spiro atoms. The lowest BCUT2D eigenvalue weighted by molar-refractivity contribution is -0.121. The molecule has 0 aromatic heterocycles. The smallest absolute Gasteiger partial charge is 0.149 e. The Balaban J connectivity index is 2.19. The second kappa shape index (κ2) is 5.77. The van der Waals surface area contributed by atoms with Crippen LogP contribution >= 0.6 is 0 Å². The van der Waals surface area contributed by atoms with Gasteiger partial charge in [-0.1, -0.05) is 0 Å². The van der Waals surface area contributed by atoms with Crippen molar-refractivity contribution in [1.82, 2.24) is 0 Å². The number of nitriles is 1. The van der Waals surface area contributed by atoms with Crippen molar-refractivity contribution in [2.45, 2.75) is 45.1 Å². The molecule has 1 aliphatic rings. The van der Waals surface area contributed by atoms with Gasteiger partial charge in [-0.2, -0.15) is 5.26 Å². The molecular formula is C11H17NO2. The number of ketones is 1. The molecule has 3 heteroatoms. The van der Waals surface area contributed by atoms with E-state index in [1.807, 2.05) is 6.07 Å². The summed E-state index contributed by atoms with van der Waals surface area (Å²) in [5.41, 5.74) is 0. The monoisotopic (exact) mass is 195 g/mol. The van der Waals surface area contributed by atoms with Gasteiger partial charge in [0.2, 0.25) is 0 Å². The van der Waals surface area contributed by atoms with Gasteiger partial charge < -0.3 is 4.74 Å². The number of rotatable bonds is 4. The molecule has 3 nitrogen and oxygen atoms in total. The first-order valence-electron chi connectivity index (χ1n) is 5.28. The van der Waals surface area contributed by atoms with Crippen molar-refractivity contribution >= 4 is 5.78 Å². The van der Waals surface area contributed by atoms with Gasteiger partial charge >= 0.3 is 0 Å². The van der Waals surface area contributed by atoms with Crippen LogP contribution in [-0.4, -0.2) is 18.5 Å². The zero-order valence-corrected chi connectivity index (χ0v) is 8.66. The molecule has 1 saturated heterocycles. The molecule has 1 fully saturated rings. The minimum absolute atomic E-state index is 0.0432. The summed E-state index contributed by atoms with van der Waals surface area (Å²) in [6, 6.07) is 1.96. The Morgan fingerprint density at radius 3 is 3.00 bits per heavy atom. The van der Waals surface area contributed by atoms with Gasteiger partial charge in [-0.25, -0.2) is 0 Å². The maximum absolute atomic E-state index is 11.3. The van der Waals surface area contributed by atoms with Crippen molar-refractivity contribution in [2.24, 2.45) is 5.92 Å². The first kappa shape index (κ1) is 11.2. The van der Waals surface area contributed by atoms with E-state index >= 15 is 0 Å². The van der Waals surface area contributed by atoms with E-state index in [1.165, 1.54) is 6.42 Å². The van der Waals surface area contributed by atoms with Gasteiger partial charge in [0.05, 0.1) is 12.2 Å². The number of hydrogen-bond donors (Lipinski definition) is 0. The van der Waals surface area contributed by atoms with Crippen LogP contribution < -0.4 is 0 Å². The van der Waals surface area contributed by atoms with Crippen LogP contribution in [0.1, 0.15) is 39.0 Å². The lowest BCUT2D eigenvalue weighted by atomic mass is 9.99. The molecule has 14 heavy (non-hydrogen) atoms. The van der Waals surface area contributed by atoms with Crippen molar-refractivity contribution in [3.8, 4) is 6.07 Å². The Bertz CT molecular complexity index is 226. The fourth-order valence-electron chi connectivity index (χ4n) is 1.63. The minimum atomic E-state index is -0.460. The normalized spacial score (nSPS) is 23.9. The standard InChI is InChI=1S/C11H17NO2/c1-9(8-12)11(13)6-5-10-4-2-3-7-14-10/h9-10H,2-7H2,1H3. The van der Waals surface area contributed by atoms with Gasteiger partial charge in [-0.3, -0.25) is 4.79 Å². The van der Waals surface area contributed by atoms with Crippen LogP contribution in [0.3, 0.4) is 0 Å². The highest BCUT2D eigenvalue weighted by atomic mass is 16.5. The maximum Gasteiger partial charge on any atom is 0.149 e. The number of carbonyl (C=O) groups is 1. The van der Waals surface area contributed by atoms with Crippen LogP contribution in [0.5, 0.6) is 0 Å². The average Bonchev–Trinajstić information content (AvgIpc) is 2.26. The van der Waals surface area contributed by atoms with Gasteiger partial charge in [-0.15, -0.1) is 0 Å².